The Labute approximate surface area is 252 Å². The topological polar surface area (TPSA) is 142 Å². The first-order chi connectivity index (χ1) is 20.3. The molecular formula is C34H43NO8. The molecule has 3 aliphatic heterocycles. The van der Waals surface area contributed by atoms with Gasteiger partial charge in [0.05, 0.1) is 31.2 Å². The second-order valence-corrected chi connectivity index (χ2v) is 13.9. The van der Waals surface area contributed by atoms with Crippen LogP contribution in [0.5, 0.6) is 17.2 Å². The molecule has 2 aliphatic carbocycles. The van der Waals surface area contributed by atoms with Crippen molar-refractivity contribution in [2.45, 2.75) is 85.2 Å². The van der Waals surface area contributed by atoms with Crippen molar-refractivity contribution in [3.63, 3.8) is 0 Å². The Morgan fingerprint density at radius 1 is 1.05 bits per heavy atom. The highest BCUT2D eigenvalue weighted by molar-refractivity contribution is 6.12. The van der Waals surface area contributed by atoms with Gasteiger partial charge in [0.15, 0.2) is 23.1 Å². The van der Waals surface area contributed by atoms with Crippen molar-refractivity contribution in [3.8, 4) is 17.2 Å². The van der Waals surface area contributed by atoms with Gasteiger partial charge in [0.2, 0.25) is 11.7 Å². The molecule has 1 aromatic rings. The molecule has 6 rings (SSSR count). The molecule has 1 amide bonds. The van der Waals surface area contributed by atoms with Crippen LogP contribution in [0.25, 0.3) is 0 Å². The number of ketones is 2. The Kier molecular flexibility index (Phi) is 7.08. The number of allylic oxidation sites excluding steroid dienone is 4. The van der Waals surface area contributed by atoms with Crippen molar-refractivity contribution >= 4 is 17.5 Å². The smallest absolute Gasteiger partial charge is 0.235 e. The van der Waals surface area contributed by atoms with E-state index in [1.54, 1.807) is 6.92 Å². The van der Waals surface area contributed by atoms with Crippen molar-refractivity contribution < 1.29 is 39.2 Å². The zero-order valence-electron chi connectivity index (χ0n) is 25.9. The number of amides is 1. The Balaban J connectivity index is 1.62. The lowest BCUT2D eigenvalue weighted by Gasteiger charge is -2.47. The number of carbonyl (C=O) groups is 3. The molecule has 2 fully saturated rings. The molecule has 3 heterocycles. The summed E-state index contributed by atoms with van der Waals surface area (Å²) in [5.41, 5.74) is 1.63. The zero-order valence-corrected chi connectivity index (χ0v) is 25.9. The van der Waals surface area contributed by atoms with Crippen molar-refractivity contribution in [3.05, 3.63) is 40.0 Å². The third kappa shape index (κ3) is 3.93. The van der Waals surface area contributed by atoms with E-state index in [0.717, 1.165) is 11.1 Å². The van der Waals surface area contributed by atoms with E-state index in [1.807, 2.05) is 19.1 Å². The van der Waals surface area contributed by atoms with Gasteiger partial charge in [0, 0.05) is 29.0 Å². The fourth-order valence-electron chi connectivity index (χ4n) is 9.08. The number of benzene rings is 1. The van der Waals surface area contributed by atoms with Gasteiger partial charge in [-0.1, -0.05) is 44.1 Å². The van der Waals surface area contributed by atoms with Crippen molar-refractivity contribution in [1.82, 2.24) is 5.32 Å². The fourth-order valence-corrected chi connectivity index (χ4v) is 9.08. The molecule has 2 saturated heterocycles. The van der Waals surface area contributed by atoms with E-state index in [0.29, 0.717) is 29.5 Å². The molecule has 43 heavy (non-hydrogen) atoms. The third-order valence-electron chi connectivity index (χ3n) is 11.1. The predicted octanol–water partition coefficient (Wildman–Crippen LogP) is 4.37. The Hall–Kier alpha value is -3.17. The lowest BCUT2D eigenvalue weighted by Crippen LogP contribution is -2.56. The van der Waals surface area contributed by atoms with E-state index in [-0.39, 0.29) is 59.2 Å². The number of ether oxygens (including phenoxy) is 2. The Morgan fingerprint density at radius 2 is 1.72 bits per heavy atom. The van der Waals surface area contributed by atoms with Crippen LogP contribution in [0, 0.1) is 47.8 Å². The van der Waals surface area contributed by atoms with Gasteiger partial charge >= 0.3 is 0 Å². The summed E-state index contributed by atoms with van der Waals surface area (Å²) >= 11 is 0. The van der Waals surface area contributed by atoms with Gasteiger partial charge in [-0.15, -0.1) is 0 Å². The zero-order chi connectivity index (χ0) is 31.3. The summed E-state index contributed by atoms with van der Waals surface area (Å²) in [4.78, 5) is 44.0. The molecule has 9 heteroatoms. The fraction of sp³-hybridized carbons (Fsp3) is 0.618. The molecular weight excluding hydrogens is 550 g/mol. The quantitative estimate of drug-likeness (QED) is 0.299. The van der Waals surface area contributed by atoms with E-state index >= 15 is 4.79 Å². The number of hydrogen-bond acceptors (Lipinski definition) is 8. The first-order valence-electron chi connectivity index (χ1n) is 15.5. The molecule has 10 atom stereocenters. The number of rotatable bonds is 3. The molecule has 2 bridgehead atoms. The maximum Gasteiger partial charge on any atom is 0.235 e. The molecule has 0 unspecified atom stereocenters. The highest BCUT2D eigenvalue weighted by atomic mass is 16.5. The predicted molar refractivity (Wildman–Crippen MR) is 157 cm³/mol. The minimum Gasteiger partial charge on any atom is -0.504 e. The van der Waals surface area contributed by atoms with Crippen LogP contribution in [-0.4, -0.2) is 52.0 Å². The lowest BCUT2D eigenvalue weighted by molar-refractivity contribution is -0.152. The molecule has 0 radical (unpaired) electrons. The minimum atomic E-state index is -1.50. The van der Waals surface area contributed by atoms with Crippen molar-refractivity contribution in [2.24, 2.45) is 40.9 Å². The second kappa shape index (κ2) is 10.2. The summed E-state index contributed by atoms with van der Waals surface area (Å²) in [7, 11) is 1.33. The highest BCUT2D eigenvalue weighted by Gasteiger charge is 2.71. The van der Waals surface area contributed by atoms with Gasteiger partial charge in [0.25, 0.3) is 0 Å². The molecule has 5 aliphatic rings. The van der Waals surface area contributed by atoms with Crippen LogP contribution in [-0.2, 0) is 19.1 Å². The first kappa shape index (κ1) is 29.9. The van der Waals surface area contributed by atoms with Crippen LogP contribution in [0.4, 0.5) is 0 Å². The number of fused-ring (bicyclic) bond motifs is 8. The Morgan fingerprint density at radius 3 is 2.37 bits per heavy atom. The van der Waals surface area contributed by atoms with Gasteiger partial charge < -0.3 is 30.1 Å². The number of aromatic hydroxyl groups is 2. The number of Topliss-reactive ketones (excluding diaryl/α,β-unsaturated/α-hetero) is 2. The number of nitrogens with one attached hydrogen (secondary N) is 1. The van der Waals surface area contributed by atoms with Crippen LogP contribution in [0.2, 0.25) is 0 Å². The highest BCUT2D eigenvalue weighted by Crippen LogP contribution is 2.67. The minimum absolute atomic E-state index is 0.0824. The molecule has 0 saturated carbocycles. The Bertz CT molecular complexity index is 1480. The van der Waals surface area contributed by atoms with Gasteiger partial charge in [-0.25, -0.2) is 0 Å². The van der Waals surface area contributed by atoms with Gasteiger partial charge in [-0.3, -0.25) is 14.4 Å². The van der Waals surface area contributed by atoms with Crippen molar-refractivity contribution in [2.75, 3.05) is 7.11 Å². The van der Waals surface area contributed by atoms with Gasteiger partial charge in [-0.05, 0) is 57.4 Å². The van der Waals surface area contributed by atoms with Gasteiger partial charge in [-0.2, -0.15) is 0 Å². The molecule has 0 aromatic heterocycles. The van der Waals surface area contributed by atoms with E-state index in [1.165, 1.54) is 7.11 Å². The van der Waals surface area contributed by atoms with E-state index < -0.39 is 47.3 Å². The largest absolute Gasteiger partial charge is 0.504 e. The standard InChI is InChI=1S/C34H43NO8/c1-13(2)10-19-25-16(5)15(4)12-18-11-14(3)8-9-20(36)27(38)23-24(32(40)34(18,25)33(41)35-19)30-22-21(29(23)43-30)17(6)26(37)31(42-7)28(22)39/h11-13,16,18-20,23-25,29-30,36-37,39H,8-10H2,1-7H3,(H,35,41)/b14-11+/t16-,18+,19+,20-,23-,24+,25+,29+,30-,34+/m1/s1. The number of hydrogen-bond donors (Lipinski definition) is 4. The van der Waals surface area contributed by atoms with E-state index in [2.05, 4.69) is 33.0 Å². The first-order valence-corrected chi connectivity index (χ1v) is 15.5. The lowest BCUT2D eigenvalue weighted by atomic mass is 9.51. The maximum absolute atomic E-state index is 15.5. The molecule has 9 nitrogen and oxygen atoms in total. The van der Waals surface area contributed by atoms with Crippen LogP contribution >= 0.6 is 0 Å². The third-order valence-corrected chi connectivity index (χ3v) is 11.1. The number of aliphatic hydroxyl groups excluding tert-OH is 1. The molecule has 1 spiro atoms. The monoisotopic (exact) mass is 593 g/mol. The number of methoxy groups -OCH3 is 1. The molecule has 1 aromatic carbocycles. The second-order valence-electron chi connectivity index (χ2n) is 13.9. The van der Waals surface area contributed by atoms with E-state index in [4.69, 9.17) is 9.47 Å². The summed E-state index contributed by atoms with van der Waals surface area (Å²) < 4.78 is 11.7. The van der Waals surface area contributed by atoms with Crippen LogP contribution < -0.4 is 10.1 Å². The maximum atomic E-state index is 15.5. The number of aliphatic hydroxyl groups is 1. The summed E-state index contributed by atoms with van der Waals surface area (Å²) in [6, 6.07) is -0.240. The summed E-state index contributed by atoms with van der Waals surface area (Å²) in [5.74, 6) is -4.92. The van der Waals surface area contributed by atoms with Crippen LogP contribution in [0.3, 0.4) is 0 Å². The summed E-state index contributed by atoms with van der Waals surface area (Å²) in [6.07, 6.45) is 1.95. The average molecular weight is 594 g/mol. The number of phenolic OH excluding ortho intramolecular Hbond substituents is 2. The average Bonchev–Trinajstić information content (AvgIpc) is 3.60. The van der Waals surface area contributed by atoms with Gasteiger partial charge in [0.1, 0.15) is 11.5 Å². The number of carbonyl (C=O) groups excluding carboxylic acids is 3. The normalized spacial score (nSPS) is 39.7. The SMILES string of the molecule is COc1c(O)c(C)c2c(c1O)[C@H]1O[C@@H]2[C@H]2C(=O)[C@H](O)CC/C(C)=C/[C@H]3C=C(C)[C@@H](C)[C@H]4[C@H](CC(C)C)NC(=O)[C@]43C(=O)[C@@H]21. The number of phenols is 2. The van der Waals surface area contributed by atoms with Crippen LogP contribution in [0.15, 0.2) is 23.3 Å². The molecule has 232 valence electrons. The van der Waals surface area contributed by atoms with Crippen LogP contribution in [0.1, 0.15) is 82.8 Å². The molecule has 4 N–H and O–H groups in total. The summed E-state index contributed by atoms with van der Waals surface area (Å²) in [5, 5.41) is 36.5. The van der Waals surface area contributed by atoms with E-state index in [9.17, 15) is 24.9 Å². The van der Waals surface area contributed by atoms with Crippen molar-refractivity contribution in [1.29, 1.82) is 0 Å². The summed E-state index contributed by atoms with van der Waals surface area (Å²) in [6.45, 7) is 11.9.